The molecule has 0 bridgehead atoms. The van der Waals surface area contributed by atoms with E-state index in [-0.39, 0.29) is 16.8 Å². The number of phenols is 1. The number of carboxylic acid groups (broad SMARTS) is 1. The molecule has 1 unspecified atom stereocenters. The molecule has 1 atom stereocenters. The van der Waals surface area contributed by atoms with Gasteiger partial charge in [0.25, 0.3) is 0 Å². The van der Waals surface area contributed by atoms with Crippen LogP contribution in [0.2, 0.25) is 0 Å². The molecule has 0 aromatic heterocycles. The van der Waals surface area contributed by atoms with Crippen LogP contribution in [-0.4, -0.2) is 21.8 Å². The van der Waals surface area contributed by atoms with Crippen LogP contribution in [0.1, 0.15) is 69.2 Å². The maximum Gasteiger partial charge on any atom is 0.310 e. The number of benzene rings is 2. The summed E-state index contributed by atoms with van der Waals surface area (Å²) < 4.78 is 6.01. The zero-order valence-electron chi connectivity index (χ0n) is 17.0. The molecular weight excluding hydrogens is 352 g/mol. The molecule has 146 valence electrons. The Morgan fingerprint density at radius 2 is 1.68 bits per heavy atom. The Morgan fingerprint density at radius 1 is 1.07 bits per heavy atom. The summed E-state index contributed by atoms with van der Waals surface area (Å²) in [5, 5.41) is 19.6. The number of aliphatic carboxylic acids is 1. The van der Waals surface area contributed by atoms with E-state index in [0.717, 1.165) is 28.7 Å². The van der Waals surface area contributed by atoms with E-state index in [0.29, 0.717) is 5.75 Å². The van der Waals surface area contributed by atoms with Gasteiger partial charge in [-0.25, -0.2) is 0 Å². The lowest BCUT2D eigenvalue weighted by molar-refractivity contribution is -0.138. The first-order valence-corrected chi connectivity index (χ1v) is 9.40. The van der Waals surface area contributed by atoms with E-state index in [1.165, 1.54) is 0 Å². The summed E-state index contributed by atoms with van der Waals surface area (Å²) in [6.07, 6.45) is 0.840. The van der Waals surface area contributed by atoms with Crippen molar-refractivity contribution < 1.29 is 19.7 Å². The van der Waals surface area contributed by atoms with E-state index < -0.39 is 11.9 Å². The number of rotatable bonds is 2. The topological polar surface area (TPSA) is 66.8 Å². The average molecular weight is 378 g/mol. The summed E-state index contributed by atoms with van der Waals surface area (Å²) in [6, 6.07) is 10.8. The van der Waals surface area contributed by atoms with Gasteiger partial charge in [0.15, 0.2) is 11.5 Å². The fraction of sp³-hybridized carbons (Fsp3) is 0.375. The van der Waals surface area contributed by atoms with Gasteiger partial charge in [-0.1, -0.05) is 37.8 Å². The molecule has 2 aromatic carbocycles. The third-order valence-electron chi connectivity index (χ3n) is 5.18. The molecule has 0 fully saturated rings. The quantitative estimate of drug-likeness (QED) is 0.736. The summed E-state index contributed by atoms with van der Waals surface area (Å²) in [7, 11) is 0. The highest BCUT2D eigenvalue weighted by molar-refractivity contribution is 5.75. The minimum atomic E-state index is -0.851. The maximum atomic E-state index is 11.1. The number of phenolic OH excluding ortho intramolecular Hbond substituents is 1. The van der Waals surface area contributed by atoms with Gasteiger partial charge in [-0.15, -0.1) is 0 Å². The molecule has 1 heterocycles. The van der Waals surface area contributed by atoms with Crippen LogP contribution in [0.25, 0.3) is 0 Å². The molecule has 0 saturated heterocycles. The van der Waals surface area contributed by atoms with Crippen molar-refractivity contribution in [1.82, 2.24) is 0 Å². The number of hydrogen-bond acceptors (Lipinski definition) is 3. The van der Waals surface area contributed by atoms with E-state index in [1.54, 1.807) is 25.1 Å². The van der Waals surface area contributed by atoms with Gasteiger partial charge < -0.3 is 14.9 Å². The van der Waals surface area contributed by atoms with Crippen molar-refractivity contribution in [2.45, 2.75) is 58.0 Å². The molecule has 1 aliphatic heterocycles. The van der Waals surface area contributed by atoms with Gasteiger partial charge in [0.2, 0.25) is 0 Å². The Morgan fingerprint density at radius 3 is 2.29 bits per heavy atom. The highest BCUT2D eigenvalue weighted by Crippen LogP contribution is 2.48. The van der Waals surface area contributed by atoms with Gasteiger partial charge in [0.05, 0.1) is 5.92 Å². The first kappa shape index (κ1) is 19.8. The predicted octanol–water partition coefficient (Wildman–Crippen LogP) is 4.82. The molecule has 2 N–H and O–H groups in total. The number of fused-ring (bicyclic) bond motifs is 1. The van der Waals surface area contributed by atoms with Crippen molar-refractivity contribution in [2.24, 2.45) is 0 Å². The Labute approximate surface area is 166 Å². The number of hydrogen-bond donors (Lipinski definition) is 2. The van der Waals surface area contributed by atoms with Crippen molar-refractivity contribution in [3.63, 3.8) is 0 Å². The maximum absolute atomic E-state index is 11.1. The lowest BCUT2D eigenvalue weighted by Crippen LogP contribution is -2.41. The molecule has 2 aromatic rings. The summed E-state index contributed by atoms with van der Waals surface area (Å²) in [5.74, 6) is 5.43. The Bertz CT molecular complexity index is 972. The van der Waals surface area contributed by atoms with Crippen molar-refractivity contribution in [2.75, 3.05) is 0 Å². The van der Waals surface area contributed by atoms with Crippen LogP contribution in [-0.2, 0) is 10.2 Å². The molecule has 0 radical (unpaired) electrons. The van der Waals surface area contributed by atoms with Gasteiger partial charge in [-0.2, -0.15) is 0 Å². The van der Waals surface area contributed by atoms with Crippen molar-refractivity contribution in [3.8, 4) is 23.3 Å². The van der Waals surface area contributed by atoms with Crippen LogP contribution < -0.4 is 4.74 Å². The zero-order valence-corrected chi connectivity index (χ0v) is 17.0. The molecule has 4 heteroatoms. The lowest BCUT2D eigenvalue weighted by Gasteiger charge is -2.42. The van der Waals surface area contributed by atoms with Gasteiger partial charge in [-0.3, -0.25) is 4.79 Å². The van der Waals surface area contributed by atoms with Gasteiger partial charge in [0, 0.05) is 16.7 Å². The van der Waals surface area contributed by atoms with Gasteiger partial charge >= 0.3 is 5.97 Å². The first-order valence-electron chi connectivity index (χ1n) is 9.40. The molecule has 1 aliphatic rings. The third-order valence-corrected chi connectivity index (χ3v) is 5.18. The van der Waals surface area contributed by atoms with Crippen molar-refractivity contribution in [1.29, 1.82) is 0 Å². The summed E-state index contributed by atoms with van der Waals surface area (Å²) >= 11 is 0. The molecule has 0 aliphatic carbocycles. The van der Waals surface area contributed by atoms with Crippen LogP contribution in [0.15, 0.2) is 36.4 Å². The Hall–Kier alpha value is -2.93. The molecular formula is C24H26O4. The second-order valence-corrected chi connectivity index (χ2v) is 8.73. The van der Waals surface area contributed by atoms with Crippen molar-refractivity contribution >= 4 is 5.97 Å². The molecule has 28 heavy (non-hydrogen) atoms. The van der Waals surface area contributed by atoms with E-state index >= 15 is 0 Å². The minimum Gasteiger partial charge on any atom is -0.504 e. The first-order chi connectivity index (χ1) is 13.0. The van der Waals surface area contributed by atoms with Crippen LogP contribution >= 0.6 is 0 Å². The second-order valence-electron chi connectivity index (χ2n) is 8.73. The van der Waals surface area contributed by atoms with Crippen LogP contribution in [0.4, 0.5) is 0 Å². The normalized spacial score (nSPS) is 17.5. The molecule has 0 amide bonds. The van der Waals surface area contributed by atoms with Crippen LogP contribution in [0.3, 0.4) is 0 Å². The summed E-state index contributed by atoms with van der Waals surface area (Å²) in [6.45, 7) is 10.0. The summed E-state index contributed by atoms with van der Waals surface area (Å²) in [4.78, 5) is 11.1. The Kier molecular flexibility index (Phi) is 4.89. The Balaban J connectivity index is 1.92. The lowest BCUT2D eigenvalue weighted by atomic mass is 9.73. The van der Waals surface area contributed by atoms with E-state index in [2.05, 4.69) is 25.7 Å². The number of aromatic hydroxyl groups is 1. The molecule has 4 nitrogen and oxygen atoms in total. The van der Waals surface area contributed by atoms with Gasteiger partial charge in [-0.05, 0) is 62.4 Å². The van der Waals surface area contributed by atoms with Crippen LogP contribution in [0.5, 0.6) is 11.5 Å². The largest absolute Gasteiger partial charge is 0.504 e. The summed E-state index contributed by atoms with van der Waals surface area (Å²) in [5.41, 5.74) is 2.73. The number of carbonyl (C=O) groups is 1. The zero-order chi connectivity index (χ0) is 20.7. The number of carboxylic acids is 1. The highest BCUT2D eigenvalue weighted by atomic mass is 16.5. The standard InChI is InChI=1S/C24H26O4/c1-15(22(26)27)18-10-8-16(9-11-18)6-7-17-12-19-21(20(25)13-17)28-24(4,5)14-23(19,2)3/h8-13,15,25H,14H2,1-5H3,(H,26,27). The monoisotopic (exact) mass is 378 g/mol. The molecule has 0 spiro atoms. The second kappa shape index (κ2) is 6.91. The van der Waals surface area contributed by atoms with E-state index in [4.69, 9.17) is 9.84 Å². The molecule has 3 rings (SSSR count). The van der Waals surface area contributed by atoms with E-state index in [9.17, 15) is 9.90 Å². The predicted molar refractivity (Wildman–Crippen MR) is 109 cm³/mol. The average Bonchev–Trinajstić information content (AvgIpc) is 2.59. The van der Waals surface area contributed by atoms with Crippen LogP contribution in [0, 0.1) is 11.8 Å². The SMILES string of the molecule is CC(C(=O)O)c1ccc(C#Cc2cc(O)c3c(c2)C(C)(C)CC(C)(C)O3)cc1. The smallest absolute Gasteiger partial charge is 0.310 e. The fourth-order valence-corrected chi connectivity index (χ4v) is 3.91. The molecule has 0 saturated carbocycles. The minimum absolute atomic E-state index is 0.105. The number of ether oxygens (including phenoxy) is 1. The van der Waals surface area contributed by atoms with Gasteiger partial charge in [0.1, 0.15) is 5.60 Å². The van der Waals surface area contributed by atoms with E-state index in [1.807, 2.05) is 32.0 Å². The fourth-order valence-electron chi connectivity index (χ4n) is 3.91. The third kappa shape index (κ3) is 3.99. The van der Waals surface area contributed by atoms with Crippen molar-refractivity contribution in [3.05, 3.63) is 58.7 Å². The highest BCUT2D eigenvalue weighted by Gasteiger charge is 2.40.